The van der Waals surface area contributed by atoms with E-state index >= 15 is 0 Å². The van der Waals surface area contributed by atoms with Gasteiger partial charge in [-0.05, 0) is 31.0 Å². The van der Waals surface area contributed by atoms with Crippen LogP contribution in [0.3, 0.4) is 0 Å². The molecule has 1 amide bonds. The fourth-order valence-corrected chi connectivity index (χ4v) is 5.14. The van der Waals surface area contributed by atoms with Crippen LogP contribution >= 0.6 is 11.6 Å². The number of aromatic nitrogens is 2. The smallest absolute Gasteiger partial charge is 0.277 e. The van der Waals surface area contributed by atoms with Crippen LogP contribution in [-0.2, 0) is 6.42 Å². The summed E-state index contributed by atoms with van der Waals surface area (Å²) in [6.07, 6.45) is 1.19. The Morgan fingerprint density at radius 1 is 0.881 bits per heavy atom. The van der Waals surface area contributed by atoms with Crippen molar-refractivity contribution >= 4 is 34.7 Å². The van der Waals surface area contributed by atoms with Crippen LogP contribution in [0.15, 0.2) is 72.8 Å². The van der Waals surface area contributed by atoms with Gasteiger partial charge in [0.1, 0.15) is 5.82 Å². The van der Waals surface area contributed by atoms with E-state index in [1.165, 1.54) is 0 Å². The molecule has 0 saturated carbocycles. The Balaban J connectivity index is 1.46. The van der Waals surface area contributed by atoms with Gasteiger partial charge in [0, 0.05) is 66.6 Å². The monoisotopic (exact) mass is 586 g/mol. The second kappa shape index (κ2) is 12.3. The molecule has 1 aliphatic heterocycles. The number of halogens is 1. The topological polar surface area (TPSA) is 136 Å². The summed E-state index contributed by atoms with van der Waals surface area (Å²) in [5.74, 6) is 0.884. The molecule has 1 fully saturated rings. The van der Waals surface area contributed by atoms with Gasteiger partial charge in [-0.15, -0.1) is 0 Å². The number of amides is 1. The van der Waals surface area contributed by atoms with Gasteiger partial charge in [0.05, 0.1) is 21.5 Å². The van der Waals surface area contributed by atoms with Crippen molar-refractivity contribution in [2.75, 3.05) is 31.1 Å². The van der Waals surface area contributed by atoms with Gasteiger partial charge in [-0.3, -0.25) is 25.0 Å². The predicted octanol–water partition coefficient (Wildman–Crippen LogP) is 5.87. The summed E-state index contributed by atoms with van der Waals surface area (Å²) in [6.45, 7) is 3.71. The number of anilines is 1. The van der Waals surface area contributed by atoms with Crippen LogP contribution in [0.2, 0.25) is 5.02 Å². The van der Waals surface area contributed by atoms with Crippen molar-refractivity contribution in [3.05, 3.63) is 120 Å². The Kier molecular flexibility index (Phi) is 8.39. The van der Waals surface area contributed by atoms with E-state index in [-0.39, 0.29) is 5.56 Å². The van der Waals surface area contributed by atoms with Crippen LogP contribution in [0.4, 0.5) is 17.2 Å². The van der Waals surface area contributed by atoms with Crippen molar-refractivity contribution in [2.45, 2.75) is 19.8 Å². The zero-order valence-corrected chi connectivity index (χ0v) is 23.5. The maximum Gasteiger partial charge on any atom is 0.277 e. The molecule has 0 atom stereocenters. The van der Waals surface area contributed by atoms with Crippen LogP contribution in [0.25, 0.3) is 11.4 Å². The number of nitrogens with zero attached hydrogens (tertiary/aromatic N) is 6. The predicted molar refractivity (Wildman–Crippen MR) is 159 cm³/mol. The molecule has 0 radical (unpaired) electrons. The molecule has 2 heterocycles. The van der Waals surface area contributed by atoms with Gasteiger partial charge < -0.3 is 9.80 Å². The molecule has 1 aromatic heterocycles. The largest absolute Gasteiger partial charge is 0.354 e. The van der Waals surface area contributed by atoms with Gasteiger partial charge in [0.25, 0.3) is 17.3 Å². The lowest BCUT2D eigenvalue weighted by Crippen LogP contribution is -2.35. The minimum atomic E-state index is -0.738. The number of carbonyl (C=O) groups is 1. The Bertz CT molecular complexity index is 1620. The highest BCUT2D eigenvalue weighted by molar-refractivity contribution is 6.30. The zero-order valence-electron chi connectivity index (χ0n) is 22.8. The SMILES string of the molecule is Cc1nc(-c2ccccc2)nc(N2CCCN(C(=O)c3cc([N+](=O)[O-])cc([N+](=O)[O-])c3)CC2)c1Cc1ccc(Cl)cc1. The first-order valence-corrected chi connectivity index (χ1v) is 13.7. The van der Waals surface area contributed by atoms with E-state index < -0.39 is 27.1 Å². The molecule has 0 bridgehead atoms. The third kappa shape index (κ3) is 6.36. The molecule has 3 aromatic carbocycles. The first-order valence-electron chi connectivity index (χ1n) is 13.3. The van der Waals surface area contributed by atoms with E-state index in [0.717, 1.165) is 46.4 Å². The minimum absolute atomic E-state index is 0.0861. The maximum absolute atomic E-state index is 13.4. The molecular weight excluding hydrogens is 560 g/mol. The van der Waals surface area contributed by atoms with Crippen molar-refractivity contribution in [3.8, 4) is 11.4 Å². The van der Waals surface area contributed by atoms with E-state index in [1.807, 2.05) is 61.5 Å². The Morgan fingerprint density at radius 3 is 2.19 bits per heavy atom. The molecule has 4 aromatic rings. The second-order valence-electron chi connectivity index (χ2n) is 9.99. The lowest BCUT2D eigenvalue weighted by molar-refractivity contribution is -0.394. The quantitative estimate of drug-likeness (QED) is 0.194. The normalized spacial score (nSPS) is 13.5. The summed E-state index contributed by atoms with van der Waals surface area (Å²) in [5.41, 5.74) is 2.66. The Hall–Kier alpha value is -4.90. The lowest BCUT2D eigenvalue weighted by Gasteiger charge is -2.26. The Morgan fingerprint density at radius 2 is 1.55 bits per heavy atom. The zero-order chi connectivity index (χ0) is 29.8. The minimum Gasteiger partial charge on any atom is -0.354 e. The standard InChI is InChI=1S/C30H27ClN6O5/c1-20-27(16-21-8-10-24(31)11-9-21)29(33-28(32-20)22-6-3-2-4-7-22)34-12-5-13-35(15-14-34)30(38)23-17-25(36(39)40)19-26(18-23)37(41)42/h2-4,6-11,17-19H,5,12-16H2,1H3. The van der Waals surface area contributed by atoms with Crippen molar-refractivity contribution < 1.29 is 14.6 Å². The molecule has 1 aliphatic rings. The number of nitro benzene ring substituents is 2. The van der Waals surface area contributed by atoms with Gasteiger partial charge in [-0.2, -0.15) is 0 Å². The molecule has 0 spiro atoms. The number of rotatable bonds is 7. The van der Waals surface area contributed by atoms with Crippen molar-refractivity contribution in [1.29, 1.82) is 0 Å². The summed E-state index contributed by atoms with van der Waals surface area (Å²) in [7, 11) is 0. The molecule has 42 heavy (non-hydrogen) atoms. The van der Waals surface area contributed by atoms with Crippen LogP contribution in [0.1, 0.15) is 33.6 Å². The van der Waals surface area contributed by atoms with Gasteiger partial charge in [-0.25, -0.2) is 9.97 Å². The number of carbonyl (C=O) groups excluding carboxylic acids is 1. The summed E-state index contributed by atoms with van der Waals surface area (Å²) >= 11 is 6.11. The average molecular weight is 587 g/mol. The van der Waals surface area contributed by atoms with E-state index in [4.69, 9.17) is 21.6 Å². The van der Waals surface area contributed by atoms with Crippen LogP contribution in [0.5, 0.6) is 0 Å². The van der Waals surface area contributed by atoms with Crippen LogP contribution in [0, 0.1) is 27.2 Å². The van der Waals surface area contributed by atoms with Crippen molar-refractivity contribution in [3.63, 3.8) is 0 Å². The van der Waals surface area contributed by atoms with Crippen molar-refractivity contribution in [1.82, 2.24) is 14.9 Å². The van der Waals surface area contributed by atoms with Crippen LogP contribution < -0.4 is 4.90 Å². The third-order valence-electron chi connectivity index (χ3n) is 7.17. The average Bonchev–Trinajstić information content (AvgIpc) is 3.25. The van der Waals surface area contributed by atoms with E-state index in [9.17, 15) is 25.0 Å². The van der Waals surface area contributed by atoms with E-state index in [2.05, 4.69) is 4.90 Å². The second-order valence-corrected chi connectivity index (χ2v) is 10.4. The summed E-state index contributed by atoms with van der Waals surface area (Å²) < 4.78 is 0. The Labute approximate surface area is 246 Å². The molecule has 1 saturated heterocycles. The first-order chi connectivity index (χ1) is 20.2. The van der Waals surface area contributed by atoms with Crippen molar-refractivity contribution in [2.24, 2.45) is 0 Å². The number of non-ortho nitro benzene ring substituents is 2. The summed E-state index contributed by atoms with van der Waals surface area (Å²) in [5, 5.41) is 23.4. The molecule has 0 unspecified atom stereocenters. The van der Waals surface area contributed by atoms with Gasteiger partial charge in [-0.1, -0.05) is 54.1 Å². The number of hydrogen-bond donors (Lipinski definition) is 0. The molecule has 5 rings (SSSR count). The molecule has 0 aliphatic carbocycles. The van der Waals surface area contributed by atoms with Gasteiger partial charge in [0.15, 0.2) is 5.82 Å². The van der Waals surface area contributed by atoms with Gasteiger partial charge in [0.2, 0.25) is 0 Å². The number of hydrogen-bond acceptors (Lipinski definition) is 8. The van der Waals surface area contributed by atoms with E-state index in [1.54, 1.807) is 4.90 Å². The molecule has 11 nitrogen and oxygen atoms in total. The lowest BCUT2D eigenvalue weighted by atomic mass is 10.0. The summed E-state index contributed by atoms with van der Waals surface area (Å²) in [6, 6.07) is 20.4. The van der Waals surface area contributed by atoms with Gasteiger partial charge >= 0.3 is 0 Å². The third-order valence-corrected chi connectivity index (χ3v) is 7.42. The number of benzene rings is 3. The molecular formula is C30H27ClN6O5. The highest BCUT2D eigenvalue weighted by Gasteiger charge is 2.27. The van der Waals surface area contributed by atoms with Crippen LogP contribution in [-0.4, -0.2) is 56.8 Å². The number of nitro groups is 2. The molecule has 214 valence electrons. The van der Waals surface area contributed by atoms with E-state index in [0.29, 0.717) is 49.9 Å². The fraction of sp³-hybridized carbons (Fsp3) is 0.233. The highest BCUT2D eigenvalue weighted by atomic mass is 35.5. The summed E-state index contributed by atoms with van der Waals surface area (Å²) in [4.78, 5) is 48.2. The number of aryl methyl sites for hydroxylation is 1. The fourth-order valence-electron chi connectivity index (χ4n) is 5.02. The first kappa shape index (κ1) is 28.6. The maximum atomic E-state index is 13.4. The molecule has 12 heteroatoms. The molecule has 0 N–H and O–H groups in total. The highest BCUT2D eigenvalue weighted by Crippen LogP contribution is 2.29.